The molecule has 0 aromatic heterocycles. The fraction of sp³-hybridized carbons (Fsp3) is 0.450. The molecule has 15 nitrogen and oxygen atoms in total. The molecule has 4 rings (SSSR count). The van der Waals surface area contributed by atoms with Gasteiger partial charge in [-0.3, -0.25) is 39.0 Å². The minimum atomic E-state index is -1.23. The lowest BCUT2D eigenvalue weighted by Gasteiger charge is -2.29. The van der Waals surface area contributed by atoms with Gasteiger partial charge in [-0.15, -0.1) is 0 Å². The standard InChI is InChI=1S/C40H52N8O7/c41-33(42)19-18-30-39(54)48-32(23-25-9-3-1-4-10-25)40(55)47-31(24-26-14-16-28(17-15-26)36(51)27-11-5-2-6-12-27)38(53)44-22-8-7-13-29(37(43)52)45-34(49)20-21-35(50)46-30/h2,5-6,11-12,14-17,20-21,25,29-32H,1,3-4,7-10,13,18-19,22-24H2,(H3,41,42)(H2,43,52)(H,44,53)(H,45,49)(H,46,50)(H,47,55)(H,48,54)/t29-,30-,31+,32-/m0/s1. The average Bonchev–Trinajstić information content (AvgIpc) is 3.17. The molecule has 0 spiro atoms. The van der Waals surface area contributed by atoms with E-state index in [0.717, 1.165) is 44.3 Å². The number of hydrogen-bond donors (Lipinski definition) is 8. The number of primary amides is 1. The second-order valence-electron chi connectivity index (χ2n) is 14.2. The van der Waals surface area contributed by atoms with Crippen LogP contribution in [0, 0.1) is 11.3 Å². The van der Waals surface area contributed by atoms with E-state index in [1.807, 2.05) is 6.07 Å². The minimum Gasteiger partial charge on any atom is -0.388 e. The summed E-state index contributed by atoms with van der Waals surface area (Å²) >= 11 is 0. The number of benzene rings is 2. The maximum Gasteiger partial charge on any atom is 0.244 e. The number of amides is 6. The van der Waals surface area contributed by atoms with E-state index in [2.05, 4.69) is 26.6 Å². The fourth-order valence-electron chi connectivity index (χ4n) is 6.78. The Morgan fingerprint density at radius 1 is 0.655 bits per heavy atom. The highest BCUT2D eigenvalue weighted by Gasteiger charge is 2.32. The number of nitrogens with one attached hydrogen (secondary N) is 6. The molecule has 2 aromatic rings. The SMILES string of the molecule is N=C(N)CC[C@@H]1NC(=O)C=CC(=O)N[C@H](C(N)=O)CCCCNC(=O)[C@@H](Cc2ccc(C(=O)c3ccccc3)cc2)NC(=O)[C@H](CC2CCCCC2)NC1=O. The van der Waals surface area contributed by atoms with Crippen molar-refractivity contribution in [2.24, 2.45) is 17.4 Å². The summed E-state index contributed by atoms with van der Waals surface area (Å²) in [7, 11) is 0. The van der Waals surface area contributed by atoms with Crippen molar-refractivity contribution >= 4 is 47.1 Å². The van der Waals surface area contributed by atoms with Gasteiger partial charge in [-0.1, -0.05) is 86.7 Å². The van der Waals surface area contributed by atoms with Gasteiger partial charge in [-0.05, 0) is 43.6 Å². The first kappa shape index (κ1) is 41.9. The van der Waals surface area contributed by atoms with Gasteiger partial charge in [0.25, 0.3) is 0 Å². The van der Waals surface area contributed by atoms with Crippen molar-refractivity contribution in [1.82, 2.24) is 26.6 Å². The van der Waals surface area contributed by atoms with Crippen molar-refractivity contribution in [2.75, 3.05) is 6.54 Å². The Hall–Kier alpha value is -5.86. The maximum atomic E-state index is 14.1. The quantitative estimate of drug-likeness (QED) is 0.0997. The molecule has 1 heterocycles. The highest BCUT2D eigenvalue weighted by molar-refractivity contribution is 6.09. The third kappa shape index (κ3) is 13.8. The highest BCUT2D eigenvalue weighted by Crippen LogP contribution is 2.27. The van der Waals surface area contributed by atoms with Crippen molar-refractivity contribution in [2.45, 2.75) is 101 Å². The van der Waals surface area contributed by atoms with Crippen molar-refractivity contribution < 1.29 is 33.6 Å². The van der Waals surface area contributed by atoms with Crippen LogP contribution in [-0.2, 0) is 35.2 Å². The number of hydrogen-bond acceptors (Lipinski definition) is 8. The molecule has 0 radical (unpaired) electrons. The van der Waals surface area contributed by atoms with Gasteiger partial charge in [-0.25, -0.2) is 0 Å². The Balaban J connectivity index is 1.62. The second-order valence-corrected chi connectivity index (χ2v) is 14.2. The molecule has 10 N–H and O–H groups in total. The van der Waals surface area contributed by atoms with E-state index in [4.69, 9.17) is 16.9 Å². The van der Waals surface area contributed by atoms with Crippen LogP contribution in [0.1, 0.15) is 92.1 Å². The van der Waals surface area contributed by atoms with Gasteiger partial charge < -0.3 is 38.1 Å². The van der Waals surface area contributed by atoms with Crippen molar-refractivity contribution in [3.63, 3.8) is 0 Å². The first-order valence-electron chi connectivity index (χ1n) is 18.9. The predicted molar refractivity (Wildman–Crippen MR) is 205 cm³/mol. The Kier molecular flexibility index (Phi) is 16.1. The first-order valence-corrected chi connectivity index (χ1v) is 18.9. The number of carbonyl (C=O) groups is 7. The molecule has 0 saturated heterocycles. The zero-order chi connectivity index (χ0) is 39.7. The zero-order valence-electron chi connectivity index (χ0n) is 30.9. The molecule has 55 heavy (non-hydrogen) atoms. The summed E-state index contributed by atoms with van der Waals surface area (Å²) in [4.78, 5) is 92.2. The van der Waals surface area contributed by atoms with Gasteiger partial charge in [0.1, 0.15) is 24.2 Å². The summed E-state index contributed by atoms with van der Waals surface area (Å²) in [6, 6.07) is 11.2. The van der Waals surface area contributed by atoms with E-state index < -0.39 is 59.6 Å². The lowest BCUT2D eigenvalue weighted by molar-refractivity contribution is -0.133. The molecule has 0 bridgehead atoms. The molecule has 2 aromatic carbocycles. The molecule has 1 saturated carbocycles. The average molecular weight is 757 g/mol. The monoisotopic (exact) mass is 756 g/mol. The van der Waals surface area contributed by atoms with Crippen LogP contribution in [0.3, 0.4) is 0 Å². The molecule has 294 valence electrons. The number of amidine groups is 1. The largest absolute Gasteiger partial charge is 0.388 e. The van der Waals surface area contributed by atoms with E-state index in [1.54, 1.807) is 48.5 Å². The first-order chi connectivity index (χ1) is 26.4. The predicted octanol–water partition coefficient (Wildman–Crippen LogP) is 1.43. The van der Waals surface area contributed by atoms with Crippen LogP contribution < -0.4 is 38.1 Å². The Labute approximate surface area is 320 Å². The van der Waals surface area contributed by atoms with Gasteiger partial charge >= 0.3 is 0 Å². The van der Waals surface area contributed by atoms with E-state index in [0.29, 0.717) is 36.0 Å². The third-order valence-electron chi connectivity index (χ3n) is 9.85. The van der Waals surface area contributed by atoms with Gasteiger partial charge in [0.05, 0.1) is 5.84 Å². The van der Waals surface area contributed by atoms with Crippen LogP contribution in [0.5, 0.6) is 0 Å². The van der Waals surface area contributed by atoms with Crippen molar-refractivity contribution in [1.29, 1.82) is 5.41 Å². The van der Waals surface area contributed by atoms with Gasteiger partial charge in [-0.2, -0.15) is 0 Å². The van der Waals surface area contributed by atoms with Crippen LogP contribution in [0.15, 0.2) is 66.7 Å². The van der Waals surface area contributed by atoms with E-state index in [-0.39, 0.29) is 49.8 Å². The molecule has 1 aliphatic carbocycles. The summed E-state index contributed by atoms with van der Waals surface area (Å²) in [6.07, 6.45) is 7.86. The normalized spacial score (nSPS) is 22.6. The third-order valence-corrected chi connectivity index (χ3v) is 9.85. The fourth-order valence-corrected chi connectivity index (χ4v) is 6.78. The van der Waals surface area contributed by atoms with Crippen LogP contribution >= 0.6 is 0 Å². The Morgan fingerprint density at radius 2 is 1.25 bits per heavy atom. The molecule has 6 amide bonds. The summed E-state index contributed by atoms with van der Waals surface area (Å²) in [5, 5.41) is 21.2. The molecular weight excluding hydrogens is 704 g/mol. The summed E-state index contributed by atoms with van der Waals surface area (Å²) in [6.45, 7) is 0.190. The smallest absolute Gasteiger partial charge is 0.244 e. The number of rotatable bonds is 10. The van der Waals surface area contributed by atoms with Crippen molar-refractivity contribution in [3.8, 4) is 0 Å². The van der Waals surface area contributed by atoms with Crippen molar-refractivity contribution in [3.05, 3.63) is 83.4 Å². The summed E-state index contributed by atoms with van der Waals surface area (Å²) in [5.74, 6) is -4.34. The van der Waals surface area contributed by atoms with E-state index >= 15 is 0 Å². The molecule has 0 unspecified atom stereocenters. The van der Waals surface area contributed by atoms with Crippen LogP contribution in [-0.4, -0.2) is 77.8 Å². The van der Waals surface area contributed by atoms with Gasteiger partial charge in [0, 0.05) is 42.7 Å². The Morgan fingerprint density at radius 3 is 1.91 bits per heavy atom. The second kappa shape index (κ2) is 21.1. The molecule has 2 aliphatic rings. The highest BCUT2D eigenvalue weighted by atomic mass is 16.2. The van der Waals surface area contributed by atoms with E-state index in [9.17, 15) is 33.6 Å². The number of carbonyl (C=O) groups excluding carboxylic acids is 7. The van der Waals surface area contributed by atoms with E-state index in [1.165, 1.54) is 0 Å². The van der Waals surface area contributed by atoms with Crippen LogP contribution in [0.25, 0.3) is 0 Å². The molecule has 4 atom stereocenters. The van der Waals surface area contributed by atoms with Crippen LogP contribution in [0.2, 0.25) is 0 Å². The topological polar surface area (TPSA) is 256 Å². The molecule has 1 fully saturated rings. The summed E-state index contributed by atoms with van der Waals surface area (Å²) < 4.78 is 0. The number of ketones is 1. The van der Waals surface area contributed by atoms with Gasteiger partial charge in [0.2, 0.25) is 35.4 Å². The molecule has 15 heteroatoms. The minimum absolute atomic E-state index is 0.0413. The van der Waals surface area contributed by atoms with Gasteiger partial charge in [0.15, 0.2) is 5.78 Å². The number of nitrogens with two attached hydrogens (primary N) is 2. The maximum absolute atomic E-state index is 14.1. The lowest BCUT2D eigenvalue weighted by atomic mass is 9.84. The molecule has 1 aliphatic heterocycles. The summed E-state index contributed by atoms with van der Waals surface area (Å²) in [5.41, 5.74) is 12.7. The lowest BCUT2D eigenvalue weighted by Crippen LogP contribution is -2.57. The zero-order valence-corrected chi connectivity index (χ0v) is 30.9. The van der Waals surface area contributed by atoms with Crippen LogP contribution in [0.4, 0.5) is 0 Å². The molecular formula is C40H52N8O7. The Bertz CT molecular complexity index is 1720.